The molecule has 0 spiro atoms. The van der Waals surface area contributed by atoms with Gasteiger partial charge in [0.15, 0.2) is 0 Å². The summed E-state index contributed by atoms with van der Waals surface area (Å²) >= 11 is 7.03. The number of sulfonamides is 1. The summed E-state index contributed by atoms with van der Waals surface area (Å²) in [5, 5.41) is 3.51. The Bertz CT molecular complexity index is 1090. The van der Waals surface area contributed by atoms with Crippen LogP contribution in [0.15, 0.2) is 64.9 Å². The van der Waals surface area contributed by atoms with Gasteiger partial charge in [-0.25, -0.2) is 13.1 Å². The lowest BCUT2D eigenvalue weighted by Crippen LogP contribution is -2.26. The summed E-state index contributed by atoms with van der Waals surface area (Å²) in [7, 11) is -2.05. The molecule has 1 aromatic heterocycles. The molecule has 3 aromatic rings. The lowest BCUT2D eigenvalue weighted by atomic mass is 10.1. The van der Waals surface area contributed by atoms with Crippen molar-refractivity contribution in [1.29, 1.82) is 0 Å². The average molecular weight is 465 g/mol. The van der Waals surface area contributed by atoms with Crippen LogP contribution in [0.5, 0.6) is 0 Å². The summed E-state index contributed by atoms with van der Waals surface area (Å²) in [5.41, 5.74) is 2.32. The Labute approximate surface area is 184 Å². The fourth-order valence-electron chi connectivity index (χ4n) is 2.64. The summed E-state index contributed by atoms with van der Waals surface area (Å²) in [4.78, 5) is 13.2. The predicted molar refractivity (Wildman–Crippen MR) is 119 cm³/mol. The topological polar surface area (TPSA) is 84.5 Å². The number of carbonyl (C=O) groups is 1. The molecular weight excluding hydrogens is 444 g/mol. The van der Waals surface area contributed by atoms with Gasteiger partial charge in [0.05, 0.1) is 6.61 Å². The van der Waals surface area contributed by atoms with Crippen molar-refractivity contribution in [2.75, 3.05) is 20.3 Å². The van der Waals surface area contributed by atoms with Gasteiger partial charge in [-0.05, 0) is 47.5 Å². The second-order valence-corrected chi connectivity index (χ2v) is 9.91. The second-order valence-electron chi connectivity index (χ2n) is 6.40. The molecule has 0 saturated carbocycles. The van der Waals surface area contributed by atoms with E-state index in [4.69, 9.17) is 16.3 Å². The van der Waals surface area contributed by atoms with Crippen LogP contribution in [0, 0.1) is 0 Å². The zero-order valence-electron chi connectivity index (χ0n) is 16.2. The zero-order chi connectivity index (χ0) is 21.6. The van der Waals surface area contributed by atoms with Crippen LogP contribution in [-0.4, -0.2) is 34.6 Å². The Morgan fingerprint density at radius 3 is 2.40 bits per heavy atom. The summed E-state index contributed by atoms with van der Waals surface area (Å²) in [6, 6.07) is 17.6. The molecule has 3 rings (SSSR count). The first-order chi connectivity index (χ1) is 14.4. The minimum atomic E-state index is -3.56. The molecule has 0 aliphatic heterocycles. The largest absolute Gasteiger partial charge is 0.383 e. The minimum Gasteiger partial charge on any atom is -0.383 e. The molecule has 158 valence electrons. The van der Waals surface area contributed by atoms with Crippen LogP contribution < -0.4 is 10.0 Å². The lowest BCUT2D eigenvalue weighted by Gasteiger charge is -2.06. The van der Waals surface area contributed by atoms with Crippen LogP contribution in [0.2, 0.25) is 5.02 Å². The first kappa shape index (κ1) is 22.5. The highest BCUT2D eigenvalue weighted by molar-refractivity contribution is 7.91. The maximum atomic E-state index is 12.4. The molecule has 2 N–H and O–H groups in total. The van der Waals surface area contributed by atoms with Gasteiger partial charge in [-0.1, -0.05) is 35.9 Å². The van der Waals surface area contributed by atoms with E-state index in [-0.39, 0.29) is 16.7 Å². The smallest absolute Gasteiger partial charge is 0.251 e. The number of nitrogens with one attached hydrogen (secondary N) is 2. The van der Waals surface area contributed by atoms with Crippen molar-refractivity contribution >= 4 is 38.9 Å². The van der Waals surface area contributed by atoms with Gasteiger partial charge in [0.25, 0.3) is 5.91 Å². The first-order valence-electron chi connectivity index (χ1n) is 9.10. The van der Waals surface area contributed by atoms with Gasteiger partial charge >= 0.3 is 0 Å². The first-order valence-corrected chi connectivity index (χ1v) is 11.8. The van der Waals surface area contributed by atoms with Crippen LogP contribution in [0.25, 0.3) is 10.4 Å². The number of thiophene rings is 1. The van der Waals surface area contributed by atoms with Crippen molar-refractivity contribution < 1.29 is 17.9 Å². The molecule has 0 aliphatic carbocycles. The van der Waals surface area contributed by atoms with Gasteiger partial charge in [0, 0.05) is 35.7 Å². The number of methoxy groups -OCH3 is 1. The lowest BCUT2D eigenvalue weighted by molar-refractivity contribution is 0.0951. The molecule has 6 nitrogen and oxygen atoms in total. The molecule has 0 saturated heterocycles. The monoisotopic (exact) mass is 464 g/mol. The highest BCUT2D eigenvalue weighted by Gasteiger charge is 2.17. The summed E-state index contributed by atoms with van der Waals surface area (Å²) in [6.07, 6.45) is 0. The van der Waals surface area contributed by atoms with Crippen molar-refractivity contribution in [3.8, 4) is 10.4 Å². The highest BCUT2D eigenvalue weighted by Crippen LogP contribution is 2.30. The second kappa shape index (κ2) is 10.2. The third-order valence-electron chi connectivity index (χ3n) is 4.24. The number of carbonyl (C=O) groups excluding carboxylic acids is 1. The van der Waals surface area contributed by atoms with E-state index in [1.54, 1.807) is 48.5 Å². The van der Waals surface area contributed by atoms with Crippen molar-refractivity contribution in [2.45, 2.75) is 10.8 Å². The Hall–Kier alpha value is -2.23. The summed E-state index contributed by atoms with van der Waals surface area (Å²) in [6.45, 7) is 0.922. The summed E-state index contributed by atoms with van der Waals surface area (Å²) in [5.74, 6) is -0.187. The van der Waals surface area contributed by atoms with Crippen molar-refractivity contribution in [2.24, 2.45) is 0 Å². The van der Waals surface area contributed by atoms with Crippen LogP contribution in [0.4, 0.5) is 0 Å². The van der Waals surface area contributed by atoms with Crippen molar-refractivity contribution in [3.63, 3.8) is 0 Å². The van der Waals surface area contributed by atoms with E-state index < -0.39 is 10.0 Å². The molecule has 2 aromatic carbocycles. The molecule has 1 heterocycles. The molecule has 1 amide bonds. The normalized spacial score (nSPS) is 11.4. The average Bonchev–Trinajstić information content (AvgIpc) is 3.25. The van der Waals surface area contributed by atoms with Gasteiger partial charge in [-0.3, -0.25) is 4.79 Å². The molecule has 0 unspecified atom stereocenters. The Morgan fingerprint density at radius 1 is 1.03 bits per heavy atom. The van der Waals surface area contributed by atoms with Crippen LogP contribution in [-0.2, 0) is 21.3 Å². The van der Waals surface area contributed by atoms with E-state index in [0.29, 0.717) is 23.7 Å². The van der Waals surface area contributed by atoms with E-state index in [9.17, 15) is 13.2 Å². The van der Waals surface area contributed by atoms with Gasteiger partial charge < -0.3 is 10.1 Å². The number of hydrogen-bond acceptors (Lipinski definition) is 5. The van der Waals surface area contributed by atoms with Crippen LogP contribution in [0.1, 0.15) is 15.9 Å². The Kier molecular flexibility index (Phi) is 7.63. The van der Waals surface area contributed by atoms with Gasteiger partial charge in [-0.2, -0.15) is 0 Å². The fraction of sp³-hybridized carbons (Fsp3) is 0.190. The number of benzene rings is 2. The van der Waals surface area contributed by atoms with E-state index in [1.165, 1.54) is 18.4 Å². The van der Waals surface area contributed by atoms with E-state index >= 15 is 0 Å². The maximum absolute atomic E-state index is 12.4. The predicted octanol–water partition coefficient (Wildman–Crippen LogP) is 3.92. The molecule has 30 heavy (non-hydrogen) atoms. The summed E-state index contributed by atoms with van der Waals surface area (Å²) < 4.78 is 32.2. The van der Waals surface area contributed by atoms with Gasteiger partial charge in [0.1, 0.15) is 4.21 Å². The minimum absolute atomic E-state index is 0.187. The standard InChI is InChI=1S/C21H21ClN2O4S2/c1-28-13-12-24-30(26,27)20-11-10-19(29-20)16-4-6-17(7-5-16)21(25)23-14-15-2-8-18(22)9-3-15/h2-11,24H,12-14H2,1H3,(H,23,25). The quantitative estimate of drug-likeness (QED) is 0.470. The van der Waals surface area contributed by atoms with Crippen molar-refractivity contribution in [1.82, 2.24) is 10.0 Å². The SMILES string of the molecule is COCCNS(=O)(=O)c1ccc(-c2ccc(C(=O)NCc3ccc(Cl)cc3)cc2)s1. The molecule has 0 fully saturated rings. The third-order valence-corrected chi connectivity index (χ3v) is 7.58. The van der Waals surface area contributed by atoms with E-state index in [2.05, 4.69) is 10.0 Å². The Morgan fingerprint density at radius 2 is 1.73 bits per heavy atom. The van der Waals surface area contributed by atoms with Crippen molar-refractivity contribution in [3.05, 3.63) is 76.8 Å². The zero-order valence-corrected chi connectivity index (χ0v) is 18.6. The van der Waals surface area contributed by atoms with E-state index in [0.717, 1.165) is 16.0 Å². The number of ether oxygens (including phenoxy) is 1. The number of amides is 1. The van der Waals surface area contributed by atoms with E-state index in [1.807, 2.05) is 12.1 Å². The Balaban J connectivity index is 1.63. The number of halogens is 1. The maximum Gasteiger partial charge on any atom is 0.251 e. The van der Waals surface area contributed by atoms with Crippen LogP contribution >= 0.6 is 22.9 Å². The van der Waals surface area contributed by atoms with Gasteiger partial charge in [-0.15, -0.1) is 11.3 Å². The van der Waals surface area contributed by atoms with Crippen LogP contribution in [0.3, 0.4) is 0 Å². The molecule has 0 aliphatic rings. The molecule has 0 radical (unpaired) electrons. The number of hydrogen-bond donors (Lipinski definition) is 2. The molecule has 0 bridgehead atoms. The van der Waals surface area contributed by atoms with Gasteiger partial charge in [0.2, 0.25) is 10.0 Å². The fourth-order valence-corrected chi connectivity index (χ4v) is 5.14. The third kappa shape index (κ3) is 5.90. The molecule has 9 heteroatoms. The highest BCUT2D eigenvalue weighted by atomic mass is 35.5. The number of rotatable bonds is 9. The molecule has 0 atom stereocenters. The molecular formula is C21H21ClN2O4S2.